The van der Waals surface area contributed by atoms with Gasteiger partial charge in [0.25, 0.3) is 5.91 Å². The van der Waals surface area contributed by atoms with E-state index in [9.17, 15) is 33.2 Å². The van der Waals surface area contributed by atoms with Crippen LogP contribution in [-0.2, 0) is 5.60 Å². The number of nitrogens with one attached hydrogen (secondary N) is 2. The van der Waals surface area contributed by atoms with E-state index in [0.29, 0.717) is 0 Å². The van der Waals surface area contributed by atoms with Crippen LogP contribution in [0.15, 0.2) is 36.5 Å². The average molecular weight is 344 g/mol. The van der Waals surface area contributed by atoms with Gasteiger partial charge in [-0.05, 0) is 5.56 Å². The zero-order chi connectivity index (χ0) is 18.0. The zero-order valence-corrected chi connectivity index (χ0v) is 11.9. The van der Waals surface area contributed by atoms with E-state index in [4.69, 9.17) is 0 Å². The summed E-state index contributed by atoms with van der Waals surface area (Å²) in [6, 6.07) is 6.17. The quantitative estimate of drug-likeness (QED) is 0.560. The van der Waals surface area contributed by atoms with Gasteiger partial charge in [0.05, 0.1) is 11.5 Å². The summed E-state index contributed by atoms with van der Waals surface area (Å²) in [6.45, 7) is -1.23. The number of carbonyl (C=O) groups excluding carboxylic acids is 1. The average Bonchev–Trinajstić information content (AvgIpc) is 3.02. The Morgan fingerprint density at radius 1 is 1.33 bits per heavy atom. The van der Waals surface area contributed by atoms with Gasteiger partial charge in [-0.2, -0.15) is 18.3 Å². The molecular weight excluding hydrogens is 333 g/mol. The second-order valence-electron chi connectivity index (χ2n) is 4.79. The van der Waals surface area contributed by atoms with Crippen molar-refractivity contribution in [2.24, 2.45) is 0 Å². The summed E-state index contributed by atoms with van der Waals surface area (Å²) in [5, 5.41) is 27.9. The van der Waals surface area contributed by atoms with E-state index in [1.807, 2.05) is 10.4 Å². The highest BCUT2D eigenvalue weighted by Crippen LogP contribution is 2.38. The number of aliphatic hydroxyl groups is 1. The van der Waals surface area contributed by atoms with Crippen LogP contribution < -0.4 is 5.32 Å². The summed E-state index contributed by atoms with van der Waals surface area (Å²) in [5.74, 6) is -1.20. The molecule has 0 aliphatic rings. The number of nitro groups is 1. The number of rotatable bonds is 5. The maximum atomic E-state index is 13.3. The Labute approximate surface area is 132 Å². The van der Waals surface area contributed by atoms with Crippen molar-refractivity contribution in [3.63, 3.8) is 0 Å². The van der Waals surface area contributed by atoms with Gasteiger partial charge in [-0.15, -0.1) is 0 Å². The normalized spacial score (nSPS) is 14.0. The molecule has 0 bridgehead atoms. The number of aromatic nitrogens is 2. The highest BCUT2D eigenvalue weighted by atomic mass is 19.4. The lowest BCUT2D eigenvalue weighted by Gasteiger charge is -2.31. The first kappa shape index (κ1) is 17.4. The number of amides is 1. The smallest absolute Gasteiger partial charge is 0.375 e. The van der Waals surface area contributed by atoms with E-state index in [1.54, 1.807) is 0 Å². The third-order valence-electron chi connectivity index (χ3n) is 3.27. The Kier molecular flexibility index (Phi) is 4.55. The monoisotopic (exact) mass is 344 g/mol. The molecule has 24 heavy (non-hydrogen) atoms. The van der Waals surface area contributed by atoms with Gasteiger partial charge in [0, 0.05) is 0 Å². The van der Waals surface area contributed by atoms with Crippen molar-refractivity contribution in [3.05, 3.63) is 57.9 Å². The molecular formula is C13H11F3N4O4. The first-order valence-corrected chi connectivity index (χ1v) is 6.47. The minimum Gasteiger partial charge on any atom is -0.375 e. The Morgan fingerprint density at radius 2 is 1.96 bits per heavy atom. The van der Waals surface area contributed by atoms with E-state index >= 15 is 0 Å². The fraction of sp³-hybridized carbons (Fsp3) is 0.231. The number of benzene rings is 1. The van der Waals surface area contributed by atoms with Crippen LogP contribution in [0.25, 0.3) is 0 Å². The van der Waals surface area contributed by atoms with E-state index in [1.165, 1.54) is 18.2 Å². The highest BCUT2D eigenvalue weighted by Gasteiger charge is 2.55. The van der Waals surface area contributed by atoms with Crippen molar-refractivity contribution in [3.8, 4) is 0 Å². The van der Waals surface area contributed by atoms with Crippen LogP contribution in [-0.4, -0.2) is 38.9 Å². The largest absolute Gasteiger partial charge is 0.423 e. The standard InChI is InChI=1S/C13H11F3N4O4/c14-13(15,16)12(22,8-4-2-1-3-5-8)7-17-11(21)10-9(20(23)24)6-18-19-10/h1-6,22H,7H2,(H,17,21)(H,18,19)/t12-/m0/s1. The first-order chi connectivity index (χ1) is 11.2. The Bertz CT molecular complexity index is 747. The molecule has 0 saturated heterocycles. The second-order valence-corrected chi connectivity index (χ2v) is 4.79. The lowest BCUT2D eigenvalue weighted by molar-refractivity contribution is -0.385. The molecule has 1 aromatic heterocycles. The summed E-state index contributed by atoms with van der Waals surface area (Å²) in [4.78, 5) is 21.7. The van der Waals surface area contributed by atoms with Gasteiger partial charge in [0.1, 0.15) is 6.20 Å². The van der Waals surface area contributed by atoms with E-state index < -0.39 is 46.1 Å². The molecule has 11 heteroatoms. The van der Waals surface area contributed by atoms with Gasteiger partial charge in [-0.25, -0.2) is 0 Å². The molecule has 2 aromatic rings. The Balaban J connectivity index is 2.25. The molecule has 1 amide bonds. The van der Waals surface area contributed by atoms with Crippen molar-refractivity contribution >= 4 is 11.6 Å². The van der Waals surface area contributed by atoms with Crippen LogP contribution in [0.1, 0.15) is 16.1 Å². The van der Waals surface area contributed by atoms with E-state index in [-0.39, 0.29) is 0 Å². The number of hydrogen-bond acceptors (Lipinski definition) is 5. The molecule has 0 unspecified atom stereocenters. The Hall–Kier alpha value is -2.95. The zero-order valence-electron chi connectivity index (χ0n) is 11.9. The van der Waals surface area contributed by atoms with Gasteiger partial charge in [-0.1, -0.05) is 30.3 Å². The molecule has 0 spiro atoms. The fourth-order valence-electron chi connectivity index (χ4n) is 1.96. The van der Waals surface area contributed by atoms with Crippen molar-refractivity contribution in [2.45, 2.75) is 11.8 Å². The molecule has 3 N–H and O–H groups in total. The molecule has 0 aliphatic carbocycles. The Morgan fingerprint density at radius 3 is 2.50 bits per heavy atom. The highest BCUT2D eigenvalue weighted by molar-refractivity contribution is 5.96. The molecule has 0 radical (unpaired) electrons. The van der Waals surface area contributed by atoms with Crippen molar-refractivity contribution in [1.29, 1.82) is 0 Å². The van der Waals surface area contributed by atoms with Crippen LogP contribution in [0.3, 0.4) is 0 Å². The number of hydrogen-bond donors (Lipinski definition) is 3. The molecule has 0 fully saturated rings. The lowest BCUT2D eigenvalue weighted by Crippen LogP contribution is -2.51. The van der Waals surface area contributed by atoms with Crippen molar-refractivity contribution in [1.82, 2.24) is 15.5 Å². The van der Waals surface area contributed by atoms with Crippen LogP contribution >= 0.6 is 0 Å². The topological polar surface area (TPSA) is 121 Å². The molecule has 2 rings (SSSR count). The number of aromatic amines is 1. The van der Waals surface area contributed by atoms with Crippen LogP contribution in [0.2, 0.25) is 0 Å². The molecule has 1 atom stereocenters. The number of carbonyl (C=O) groups is 1. The molecule has 8 nitrogen and oxygen atoms in total. The molecule has 128 valence electrons. The van der Waals surface area contributed by atoms with Gasteiger partial charge < -0.3 is 10.4 Å². The minimum atomic E-state index is -5.08. The van der Waals surface area contributed by atoms with Crippen molar-refractivity contribution < 1.29 is 28.0 Å². The predicted octanol–water partition coefficient (Wildman–Crippen LogP) is 1.50. The summed E-state index contributed by atoms with van der Waals surface area (Å²) in [6.07, 6.45) is -4.33. The van der Waals surface area contributed by atoms with Crippen LogP contribution in [0.4, 0.5) is 18.9 Å². The molecule has 0 aliphatic heterocycles. The minimum absolute atomic E-state index is 0.475. The van der Waals surface area contributed by atoms with Gasteiger partial charge in [-0.3, -0.25) is 20.0 Å². The van der Waals surface area contributed by atoms with E-state index in [0.717, 1.165) is 18.3 Å². The van der Waals surface area contributed by atoms with E-state index in [2.05, 4.69) is 5.10 Å². The van der Waals surface area contributed by atoms with Gasteiger partial charge >= 0.3 is 11.9 Å². The maximum absolute atomic E-state index is 13.3. The summed E-state index contributed by atoms with van der Waals surface area (Å²) in [7, 11) is 0. The number of alkyl halides is 3. The second kappa shape index (κ2) is 6.28. The SMILES string of the molecule is O=C(NC[C@](O)(c1ccccc1)C(F)(F)F)c1[nH]ncc1[N+](=O)[O-]. The predicted molar refractivity (Wildman–Crippen MR) is 74.0 cm³/mol. The van der Waals surface area contributed by atoms with Crippen LogP contribution in [0, 0.1) is 10.1 Å². The van der Waals surface area contributed by atoms with Crippen molar-refractivity contribution in [2.75, 3.05) is 6.54 Å². The molecule has 1 aromatic carbocycles. The lowest BCUT2D eigenvalue weighted by atomic mass is 9.93. The summed E-state index contributed by atoms with van der Waals surface area (Å²) < 4.78 is 39.8. The van der Waals surface area contributed by atoms with Gasteiger partial charge in [0.2, 0.25) is 11.3 Å². The molecule has 0 saturated carbocycles. The summed E-state index contributed by atoms with van der Waals surface area (Å²) >= 11 is 0. The maximum Gasteiger partial charge on any atom is 0.423 e. The summed E-state index contributed by atoms with van der Waals surface area (Å²) in [5.41, 5.74) is -5.13. The number of H-pyrrole nitrogens is 1. The third kappa shape index (κ3) is 3.20. The van der Waals surface area contributed by atoms with Crippen LogP contribution in [0.5, 0.6) is 0 Å². The third-order valence-corrected chi connectivity index (χ3v) is 3.27. The molecule has 1 heterocycles. The number of nitrogens with zero attached hydrogens (tertiary/aromatic N) is 2. The number of halogens is 3. The fourth-order valence-corrected chi connectivity index (χ4v) is 1.96. The van der Waals surface area contributed by atoms with Gasteiger partial charge in [0.15, 0.2) is 0 Å². The first-order valence-electron chi connectivity index (χ1n) is 6.47.